The highest BCUT2D eigenvalue weighted by molar-refractivity contribution is 5.73. The Labute approximate surface area is 114 Å². The molecule has 2 rings (SSSR count). The first-order valence-corrected chi connectivity index (χ1v) is 7.15. The molecule has 0 radical (unpaired) electrons. The normalized spacial score (nSPS) is 25.4. The number of likely N-dealkylation sites (tertiary alicyclic amines) is 1. The molecule has 3 nitrogen and oxygen atoms in total. The molecule has 0 saturated carbocycles. The number of allylic oxidation sites excluding steroid dienone is 2. The average molecular weight is 266 g/mol. The number of amides is 1. The third kappa shape index (κ3) is 3.58. The first kappa shape index (κ1) is 14.1. The van der Waals surface area contributed by atoms with Crippen molar-refractivity contribution in [1.82, 2.24) is 10.2 Å². The smallest absolute Gasteiger partial charge is 0.217 e. The molecule has 1 heterocycles. The van der Waals surface area contributed by atoms with E-state index in [0.717, 1.165) is 37.2 Å². The van der Waals surface area contributed by atoms with Gasteiger partial charge in [0.1, 0.15) is 6.17 Å². The Hall–Kier alpha value is -1.32. The molecular weight excluding hydrogens is 243 g/mol. The lowest BCUT2D eigenvalue weighted by molar-refractivity contribution is -0.119. The molecule has 0 bridgehead atoms. The van der Waals surface area contributed by atoms with Gasteiger partial charge in [-0.3, -0.25) is 4.79 Å². The van der Waals surface area contributed by atoms with Gasteiger partial charge in [0.15, 0.2) is 0 Å². The first-order chi connectivity index (χ1) is 9.08. The lowest BCUT2D eigenvalue weighted by Crippen LogP contribution is -2.36. The van der Waals surface area contributed by atoms with Crippen LogP contribution < -0.4 is 5.32 Å². The lowest BCUT2D eigenvalue weighted by atomic mass is 9.96. The quantitative estimate of drug-likeness (QED) is 0.851. The highest BCUT2D eigenvalue weighted by Crippen LogP contribution is 2.27. The van der Waals surface area contributed by atoms with E-state index in [9.17, 15) is 9.18 Å². The maximum Gasteiger partial charge on any atom is 0.217 e. The molecule has 1 N–H and O–H groups in total. The fourth-order valence-electron chi connectivity index (χ4n) is 2.81. The SMILES string of the molecule is CC(=O)NC(C)C1=CCC(F)C(N2CCCCC2)=C1. The van der Waals surface area contributed by atoms with Gasteiger partial charge in [0.2, 0.25) is 5.91 Å². The van der Waals surface area contributed by atoms with Crippen LogP contribution in [-0.4, -0.2) is 36.1 Å². The van der Waals surface area contributed by atoms with Crippen molar-refractivity contribution in [2.24, 2.45) is 0 Å². The summed E-state index contributed by atoms with van der Waals surface area (Å²) in [6.07, 6.45) is 6.88. The van der Waals surface area contributed by atoms with Crippen LogP contribution in [0.1, 0.15) is 39.5 Å². The Morgan fingerprint density at radius 3 is 2.74 bits per heavy atom. The molecule has 106 valence electrons. The molecule has 0 spiro atoms. The number of piperidine rings is 1. The van der Waals surface area contributed by atoms with Gasteiger partial charge >= 0.3 is 0 Å². The Bertz CT molecular complexity index is 397. The second-order valence-corrected chi connectivity index (χ2v) is 5.45. The van der Waals surface area contributed by atoms with Gasteiger partial charge in [-0.2, -0.15) is 0 Å². The van der Waals surface area contributed by atoms with Crippen LogP contribution in [-0.2, 0) is 4.79 Å². The number of halogens is 1. The van der Waals surface area contributed by atoms with Crippen LogP contribution in [0.2, 0.25) is 0 Å². The van der Waals surface area contributed by atoms with Gasteiger partial charge in [0.25, 0.3) is 0 Å². The lowest BCUT2D eigenvalue weighted by Gasteiger charge is -2.34. The molecule has 1 aliphatic heterocycles. The summed E-state index contributed by atoms with van der Waals surface area (Å²) in [7, 11) is 0. The summed E-state index contributed by atoms with van der Waals surface area (Å²) < 4.78 is 14.1. The van der Waals surface area contributed by atoms with Gasteiger partial charge < -0.3 is 10.2 Å². The number of carbonyl (C=O) groups excluding carboxylic acids is 1. The van der Waals surface area contributed by atoms with Crippen LogP contribution in [0, 0.1) is 0 Å². The van der Waals surface area contributed by atoms with E-state index in [-0.39, 0.29) is 11.9 Å². The molecule has 2 unspecified atom stereocenters. The van der Waals surface area contributed by atoms with Crippen LogP contribution in [0.3, 0.4) is 0 Å². The predicted octanol–water partition coefficient (Wildman–Crippen LogP) is 2.55. The van der Waals surface area contributed by atoms with Crippen LogP contribution in [0.25, 0.3) is 0 Å². The van der Waals surface area contributed by atoms with Crippen molar-refractivity contribution in [2.45, 2.75) is 51.7 Å². The minimum Gasteiger partial charge on any atom is -0.372 e. The number of nitrogens with one attached hydrogen (secondary N) is 1. The van der Waals surface area contributed by atoms with E-state index in [4.69, 9.17) is 0 Å². The fourth-order valence-corrected chi connectivity index (χ4v) is 2.81. The van der Waals surface area contributed by atoms with Gasteiger partial charge in [0.05, 0.1) is 6.04 Å². The Morgan fingerprint density at radius 2 is 2.11 bits per heavy atom. The summed E-state index contributed by atoms with van der Waals surface area (Å²) in [5.41, 5.74) is 1.82. The summed E-state index contributed by atoms with van der Waals surface area (Å²) in [6.45, 7) is 5.35. The van der Waals surface area contributed by atoms with E-state index < -0.39 is 6.17 Å². The molecule has 2 atom stereocenters. The van der Waals surface area contributed by atoms with Crippen molar-refractivity contribution < 1.29 is 9.18 Å². The monoisotopic (exact) mass is 266 g/mol. The maximum atomic E-state index is 14.1. The third-order valence-corrected chi connectivity index (χ3v) is 3.84. The summed E-state index contributed by atoms with van der Waals surface area (Å²) in [5.74, 6) is -0.0521. The highest BCUT2D eigenvalue weighted by Gasteiger charge is 2.25. The molecule has 4 heteroatoms. The van der Waals surface area contributed by atoms with Crippen molar-refractivity contribution in [3.63, 3.8) is 0 Å². The third-order valence-electron chi connectivity index (χ3n) is 3.84. The molecule has 0 aromatic rings. The van der Waals surface area contributed by atoms with E-state index in [2.05, 4.69) is 10.2 Å². The average Bonchev–Trinajstić information content (AvgIpc) is 2.39. The zero-order valence-corrected chi connectivity index (χ0v) is 11.8. The van der Waals surface area contributed by atoms with Crippen LogP contribution in [0.4, 0.5) is 4.39 Å². The predicted molar refractivity (Wildman–Crippen MR) is 74.4 cm³/mol. The van der Waals surface area contributed by atoms with Gasteiger partial charge in [-0.15, -0.1) is 0 Å². The standard InChI is InChI=1S/C15H23FN2O/c1-11(17-12(2)19)13-6-7-14(16)15(10-13)18-8-4-3-5-9-18/h6,10-11,14H,3-5,7-9H2,1-2H3,(H,17,19). The number of hydrogen-bond acceptors (Lipinski definition) is 2. The molecular formula is C15H23FN2O. The van der Waals surface area contributed by atoms with Crippen LogP contribution in [0.15, 0.2) is 23.4 Å². The minimum atomic E-state index is -0.897. The summed E-state index contributed by atoms with van der Waals surface area (Å²) >= 11 is 0. The van der Waals surface area contributed by atoms with E-state index in [1.165, 1.54) is 13.3 Å². The summed E-state index contributed by atoms with van der Waals surface area (Å²) in [6, 6.07) is -0.0511. The molecule has 1 fully saturated rings. The Balaban J connectivity index is 2.09. The summed E-state index contributed by atoms with van der Waals surface area (Å²) in [5, 5.41) is 2.86. The zero-order chi connectivity index (χ0) is 13.8. The number of nitrogens with zero attached hydrogens (tertiary/aromatic N) is 1. The van der Waals surface area contributed by atoms with Crippen molar-refractivity contribution >= 4 is 5.91 Å². The molecule has 19 heavy (non-hydrogen) atoms. The molecule has 1 amide bonds. The van der Waals surface area contributed by atoms with Crippen molar-refractivity contribution in [2.75, 3.05) is 13.1 Å². The maximum absolute atomic E-state index is 14.1. The van der Waals surface area contributed by atoms with Crippen molar-refractivity contribution in [1.29, 1.82) is 0 Å². The molecule has 1 saturated heterocycles. The van der Waals surface area contributed by atoms with E-state index >= 15 is 0 Å². The Morgan fingerprint density at radius 1 is 1.42 bits per heavy atom. The van der Waals surface area contributed by atoms with Crippen LogP contribution in [0.5, 0.6) is 0 Å². The zero-order valence-electron chi connectivity index (χ0n) is 11.8. The van der Waals surface area contributed by atoms with Crippen molar-refractivity contribution in [3.05, 3.63) is 23.4 Å². The summed E-state index contributed by atoms with van der Waals surface area (Å²) in [4.78, 5) is 13.3. The van der Waals surface area contributed by atoms with E-state index in [1.807, 2.05) is 19.1 Å². The number of rotatable bonds is 3. The van der Waals surface area contributed by atoms with Crippen LogP contribution >= 0.6 is 0 Å². The minimum absolute atomic E-state index is 0.0511. The largest absolute Gasteiger partial charge is 0.372 e. The number of hydrogen-bond donors (Lipinski definition) is 1. The second kappa shape index (κ2) is 6.22. The van der Waals surface area contributed by atoms with Gasteiger partial charge in [-0.25, -0.2) is 4.39 Å². The number of alkyl halides is 1. The van der Waals surface area contributed by atoms with E-state index in [0.29, 0.717) is 6.42 Å². The van der Waals surface area contributed by atoms with Gasteiger partial charge in [-0.05, 0) is 37.8 Å². The van der Waals surface area contributed by atoms with Crippen molar-refractivity contribution in [3.8, 4) is 0 Å². The fraction of sp³-hybridized carbons (Fsp3) is 0.667. The number of carbonyl (C=O) groups is 1. The van der Waals surface area contributed by atoms with E-state index in [1.54, 1.807) is 0 Å². The Kier molecular flexibility index (Phi) is 4.61. The topological polar surface area (TPSA) is 32.3 Å². The van der Waals surface area contributed by atoms with Gasteiger partial charge in [-0.1, -0.05) is 6.08 Å². The molecule has 1 aliphatic carbocycles. The highest BCUT2D eigenvalue weighted by atomic mass is 19.1. The first-order valence-electron chi connectivity index (χ1n) is 7.15. The molecule has 0 aromatic carbocycles. The molecule has 0 aromatic heterocycles. The second-order valence-electron chi connectivity index (χ2n) is 5.45. The van der Waals surface area contributed by atoms with Gasteiger partial charge in [0, 0.05) is 32.1 Å². The molecule has 2 aliphatic rings.